The Bertz CT molecular complexity index is 1140. The number of pyridine rings is 1. The van der Waals surface area contributed by atoms with Crippen molar-refractivity contribution in [3.05, 3.63) is 83.1 Å². The van der Waals surface area contributed by atoms with Crippen LogP contribution in [0, 0.1) is 0 Å². The van der Waals surface area contributed by atoms with E-state index in [1.54, 1.807) is 23.4 Å². The van der Waals surface area contributed by atoms with Crippen LogP contribution in [0.1, 0.15) is 15.9 Å². The molecule has 2 aromatic carbocycles. The van der Waals surface area contributed by atoms with Crippen LogP contribution in [0.5, 0.6) is 0 Å². The van der Waals surface area contributed by atoms with E-state index in [4.69, 9.17) is 11.6 Å². The summed E-state index contributed by atoms with van der Waals surface area (Å²) in [4.78, 5) is 25.9. The molecule has 0 aliphatic carbocycles. The average Bonchev–Trinajstić information content (AvgIpc) is 3.18. The van der Waals surface area contributed by atoms with Gasteiger partial charge in [-0.05, 0) is 48.0 Å². The van der Waals surface area contributed by atoms with E-state index in [1.165, 1.54) is 11.3 Å². The van der Waals surface area contributed by atoms with Gasteiger partial charge < -0.3 is 4.90 Å². The Morgan fingerprint density at radius 3 is 2.52 bits per heavy atom. The number of nitrogens with zero attached hydrogens (tertiary/aromatic N) is 4. The maximum Gasteiger partial charge on any atom is 0.260 e. The molecular weight excluding hydrogens is 404 g/mol. The molecule has 2 heterocycles. The van der Waals surface area contributed by atoms with Crippen molar-refractivity contribution in [2.24, 2.45) is 0 Å². The molecule has 0 bridgehead atoms. The number of fused-ring (bicyclic) bond motifs is 1. The molecule has 0 saturated carbocycles. The summed E-state index contributed by atoms with van der Waals surface area (Å²) in [5.74, 6) is -0.116. The van der Waals surface area contributed by atoms with Crippen LogP contribution in [0.3, 0.4) is 0 Å². The van der Waals surface area contributed by atoms with Crippen LogP contribution >= 0.6 is 22.9 Å². The van der Waals surface area contributed by atoms with Gasteiger partial charge in [0, 0.05) is 37.7 Å². The second kappa shape index (κ2) is 8.19. The van der Waals surface area contributed by atoms with Crippen LogP contribution < -0.4 is 9.80 Å². The normalized spacial score (nSPS) is 10.9. The van der Waals surface area contributed by atoms with Crippen molar-refractivity contribution < 1.29 is 4.79 Å². The van der Waals surface area contributed by atoms with Crippen molar-refractivity contribution >= 4 is 49.9 Å². The number of benzene rings is 2. The molecule has 29 heavy (non-hydrogen) atoms. The average molecular weight is 423 g/mol. The number of carbonyl (C=O) groups is 1. The minimum Gasteiger partial charge on any atom is -0.378 e. The number of para-hydroxylation sites is 1. The summed E-state index contributed by atoms with van der Waals surface area (Å²) in [6, 6.07) is 17.0. The number of thiazole rings is 1. The molecule has 0 saturated heterocycles. The molecule has 5 nitrogen and oxygen atoms in total. The lowest BCUT2D eigenvalue weighted by Crippen LogP contribution is -2.30. The molecule has 0 N–H and O–H groups in total. The van der Waals surface area contributed by atoms with Gasteiger partial charge >= 0.3 is 0 Å². The summed E-state index contributed by atoms with van der Waals surface area (Å²) >= 11 is 7.76. The van der Waals surface area contributed by atoms with Crippen molar-refractivity contribution in [2.45, 2.75) is 6.54 Å². The first kappa shape index (κ1) is 19.4. The van der Waals surface area contributed by atoms with Crippen LogP contribution in [-0.4, -0.2) is 30.0 Å². The fourth-order valence-electron chi connectivity index (χ4n) is 2.98. The van der Waals surface area contributed by atoms with E-state index in [0.29, 0.717) is 27.8 Å². The first-order chi connectivity index (χ1) is 14.0. The Kier molecular flexibility index (Phi) is 5.47. The van der Waals surface area contributed by atoms with Gasteiger partial charge in [-0.25, -0.2) is 4.98 Å². The van der Waals surface area contributed by atoms with Gasteiger partial charge in [0.1, 0.15) is 5.52 Å². The van der Waals surface area contributed by atoms with Crippen LogP contribution in [0.25, 0.3) is 10.2 Å². The number of hydrogen-bond donors (Lipinski definition) is 0. The highest BCUT2D eigenvalue weighted by atomic mass is 35.5. The lowest BCUT2D eigenvalue weighted by molar-refractivity contribution is 0.0985. The lowest BCUT2D eigenvalue weighted by Gasteiger charge is -2.20. The number of aromatic nitrogens is 2. The number of rotatable bonds is 5. The van der Waals surface area contributed by atoms with E-state index in [0.717, 1.165) is 16.0 Å². The number of anilines is 2. The molecule has 2 aromatic heterocycles. The zero-order chi connectivity index (χ0) is 20.4. The molecule has 4 rings (SSSR count). The minimum absolute atomic E-state index is 0.116. The molecule has 0 fully saturated rings. The Hall–Kier alpha value is -2.96. The minimum atomic E-state index is -0.116. The predicted molar refractivity (Wildman–Crippen MR) is 120 cm³/mol. The fraction of sp³-hybridized carbons (Fsp3) is 0.136. The summed E-state index contributed by atoms with van der Waals surface area (Å²) in [6.07, 6.45) is 3.48. The Morgan fingerprint density at radius 1 is 1.07 bits per heavy atom. The third-order valence-electron chi connectivity index (χ3n) is 4.53. The molecule has 0 unspecified atom stereocenters. The molecule has 0 atom stereocenters. The monoisotopic (exact) mass is 422 g/mol. The summed E-state index contributed by atoms with van der Waals surface area (Å²) in [5, 5.41) is 1.19. The number of carbonyl (C=O) groups excluding carboxylic acids is 1. The number of amides is 1. The van der Waals surface area contributed by atoms with Gasteiger partial charge in [-0.2, -0.15) is 0 Å². The van der Waals surface area contributed by atoms with Crippen molar-refractivity contribution in [3.63, 3.8) is 0 Å². The maximum atomic E-state index is 13.4. The van der Waals surface area contributed by atoms with E-state index in [1.807, 2.05) is 67.5 Å². The van der Waals surface area contributed by atoms with Gasteiger partial charge in [-0.1, -0.05) is 35.1 Å². The molecule has 4 aromatic rings. The smallest absolute Gasteiger partial charge is 0.260 e. The molecule has 0 aliphatic rings. The third-order valence-corrected chi connectivity index (χ3v) is 5.88. The second-order valence-electron chi connectivity index (χ2n) is 6.78. The SMILES string of the molecule is CN(C)c1ccc(C(=O)N(Cc2cccnc2)c2nc3c(Cl)cccc3s2)cc1. The topological polar surface area (TPSA) is 49.3 Å². The highest BCUT2D eigenvalue weighted by Gasteiger charge is 2.22. The zero-order valence-corrected chi connectivity index (χ0v) is 17.6. The highest BCUT2D eigenvalue weighted by Crippen LogP contribution is 2.34. The first-order valence-corrected chi connectivity index (χ1v) is 10.3. The fourth-order valence-corrected chi connectivity index (χ4v) is 4.24. The van der Waals surface area contributed by atoms with Crippen LogP contribution in [0.15, 0.2) is 67.0 Å². The molecular formula is C22H19ClN4OS. The van der Waals surface area contributed by atoms with Gasteiger partial charge in [0.15, 0.2) is 5.13 Å². The summed E-state index contributed by atoms with van der Waals surface area (Å²) in [6.45, 7) is 0.375. The number of halogens is 1. The first-order valence-electron chi connectivity index (χ1n) is 9.06. The van der Waals surface area contributed by atoms with Gasteiger partial charge in [0.25, 0.3) is 5.91 Å². The standard InChI is InChI=1S/C22H19ClN4OS/c1-26(2)17-10-8-16(9-11-17)21(28)27(14-15-5-4-12-24-13-15)22-25-20-18(23)6-3-7-19(20)29-22/h3-13H,14H2,1-2H3. The molecule has 0 spiro atoms. The summed E-state index contributed by atoms with van der Waals surface area (Å²) in [5.41, 5.74) is 3.27. The molecule has 0 radical (unpaired) electrons. The van der Waals surface area contributed by atoms with Crippen molar-refractivity contribution in [2.75, 3.05) is 23.9 Å². The van der Waals surface area contributed by atoms with E-state index >= 15 is 0 Å². The van der Waals surface area contributed by atoms with Gasteiger partial charge in [0.2, 0.25) is 0 Å². The van der Waals surface area contributed by atoms with Crippen LogP contribution in [-0.2, 0) is 6.54 Å². The van der Waals surface area contributed by atoms with Gasteiger partial charge in [0.05, 0.1) is 16.3 Å². The van der Waals surface area contributed by atoms with E-state index in [2.05, 4.69) is 9.97 Å². The molecule has 7 heteroatoms. The van der Waals surface area contributed by atoms with Gasteiger partial charge in [-0.15, -0.1) is 0 Å². The second-order valence-corrected chi connectivity index (χ2v) is 8.19. The Labute approximate surface area is 178 Å². The highest BCUT2D eigenvalue weighted by molar-refractivity contribution is 7.22. The van der Waals surface area contributed by atoms with E-state index in [-0.39, 0.29) is 5.91 Å². The summed E-state index contributed by atoms with van der Waals surface area (Å²) < 4.78 is 0.944. The molecule has 0 aliphatic heterocycles. The van der Waals surface area contributed by atoms with Crippen molar-refractivity contribution in [1.29, 1.82) is 0 Å². The lowest BCUT2D eigenvalue weighted by atomic mass is 10.1. The maximum absolute atomic E-state index is 13.4. The Morgan fingerprint density at radius 2 is 1.86 bits per heavy atom. The van der Waals surface area contributed by atoms with Gasteiger partial charge in [-0.3, -0.25) is 14.7 Å². The van der Waals surface area contributed by atoms with Crippen molar-refractivity contribution in [1.82, 2.24) is 9.97 Å². The van der Waals surface area contributed by atoms with E-state index in [9.17, 15) is 4.79 Å². The summed E-state index contributed by atoms with van der Waals surface area (Å²) in [7, 11) is 3.94. The number of hydrogen-bond acceptors (Lipinski definition) is 5. The third kappa shape index (κ3) is 4.09. The largest absolute Gasteiger partial charge is 0.378 e. The zero-order valence-electron chi connectivity index (χ0n) is 16.0. The van der Waals surface area contributed by atoms with Crippen molar-refractivity contribution in [3.8, 4) is 0 Å². The van der Waals surface area contributed by atoms with E-state index < -0.39 is 0 Å². The molecule has 146 valence electrons. The predicted octanol–water partition coefficient (Wildman–Crippen LogP) is 5.26. The Balaban J connectivity index is 1.74. The van der Waals surface area contributed by atoms with Crippen LogP contribution in [0.2, 0.25) is 5.02 Å². The quantitative estimate of drug-likeness (QED) is 0.440. The van der Waals surface area contributed by atoms with Crippen LogP contribution in [0.4, 0.5) is 10.8 Å². The molecule has 1 amide bonds.